The molecule has 1 fully saturated rings. The second-order valence-corrected chi connectivity index (χ2v) is 6.53. The summed E-state index contributed by atoms with van der Waals surface area (Å²) in [5.41, 5.74) is 2.21. The lowest BCUT2D eigenvalue weighted by Crippen LogP contribution is -2.47. The molecule has 0 N–H and O–H groups in total. The minimum atomic E-state index is -0.265. The van der Waals surface area contributed by atoms with Crippen LogP contribution >= 0.6 is 0 Å². The van der Waals surface area contributed by atoms with Crippen LogP contribution in [-0.2, 0) is 14.3 Å². The van der Waals surface area contributed by atoms with Crippen LogP contribution in [0, 0.1) is 5.82 Å². The van der Waals surface area contributed by atoms with Crippen molar-refractivity contribution in [3.8, 4) is 0 Å². The molecule has 1 aromatic carbocycles. The van der Waals surface area contributed by atoms with E-state index >= 15 is 0 Å². The van der Waals surface area contributed by atoms with Gasteiger partial charge < -0.3 is 14.4 Å². The zero-order valence-electron chi connectivity index (χ0n) is 14.6. The molecule has 0 unspecified atom stereocenters. The van der Waals surface area contributed by atoms with Crippen LogP contribution in [0.5, 0.6) is 0 Å². The van der Waals surface area contributed by atoms with E-state index in [0.29, 0.717) is 32.8 Å². The molecule has 25 heavy (non-hydrogen) atoms. The number of morpholine rings is 1. The Morgan fingerprint density at radius 3 is 2.80 bits per heavy atom. The first-order valence-corrected chi connectivity index (χ1v) is 8.70. The highest BCUT2D eigenvalue weighted by Crippen LogP contribution is 2.23. The summed E-state index contributed by atoms with van der Waals surface area (Å²) in [6.07, 6.45) is 2.91. The Morgan fingerprint density at radius 2 is 2.12 bits per heavy atom. The molecule has 0 spiro atoms. The van der Waals surface area contributed by atoms with Crippen molar-refractivity contribution in [3.05, 3.63) is 47.3 Å². The molecule has 136 valence electrons. The van der Waals surface area contributed by atoms with Gasteiger partial charge in [-0.05, 0) is 29.7 Å². The van der Waals surface area contributed by atoms with E-state index in [2.05, 4.69) is 11.0 Å². The van der Waals surface area contributed by atoms with E-state index in [1.165, 1.54) is 17.7 Å². The van der Waals surface area contributed by atoms with Gasteiger partial charge in [-0.15, -0.1) is 0 Å². The van der Waals surface area contributed by atoms with Crippen LogP contribution in [0.1, 0.15) is 18.1 Å². The zero-order valence-corrected chi connectivity index (χ0v) is 14.6. The predicted molar refractivity (Wildman–Crippen MR) is 92.7 cm³/mol. The van der Waals surface area contributed by atoms with Crippen molar-refractivity contribution in [2.75, 3.05) is 53.0 Å². The first-order valence-electron chi connectivity index (χ1n) is 8.70. The minimum Gasteiger partial charge on any atom is -0.380 e. The topological polar surface area (TPSA) is 42.0 Å². The van der Waals surface area contributed by atoms with Crippen molar-refractivity contribution in [1.82, 2.24) is 9.80 Å². The average molecular weight is 348 g/mol. The van der Waals surface area contributed by atoms with Gasteiger partial charge in [0.05, 0.1) is 26.3 Å². The van der Waals surface area contributed by atoms with E-state index in [-0.39, 0.29) is 17.8 Å². The average Bonchev–Trinajstić information content (AvgIpc) is 2.64. The van der Waals surface area contributed by atoms with Gasteiger partial charge in [-0.1, -0.05) is 18.2 Å². The molecule has 1 aromatic rings. The van der Waals surface area contributed by atoms with Gasteiger partial charge in [0.2, 0.25) is 5.91 Å². The third kappa shape index (κ3) is 4.87. The molecule has 5 nitrogen and oxygen atoms in total. The van der Waals surface area contributed by atoms with Crippen LogP contribution in [0.15, 0.2) is 35.9 Å². The fraction of sp³-hybridized carbons (Fsp3) is 0.526. The van der Waals surface area contributed by atoms with Crippen LogP contribution in [0.2, 0.25) is 0 Å². The lowest BCUT2D eigenvalue weighted by molar-refractivity contribution is -0.140. The number of carbonyl (C=O) groups is 1. The Bertz CT molecular complexity index is 618. The molecule has 0 aromatic heterocycles. The number of halogens is 1. The molecule has 0 bridgehead atoms. The van der Waals surface area contributed by atoms with E-state index in [1.54, 1.807) is 19.2 Å². The summed E-state index contributed by atoms with van der Waals surface area (Å²) in [7, 11) is 1.70. The highest BCUT2D eigenvalue weighted by Gasteiger charge is 2.26. The highest BCUT2D eigenvalue weighted by atomic mass is 19.1. The van der Waals surface area contributed by atoms with Crippen molar-refractivity contribution in [1.29, 1.82) is 0 Å². The summed E-state index contributed by atoms with van der Waals surface area (Å²) >= 11 is 0. The molecule has 1 saturated heterocycles. The molecule has 6 heteroatoms. The summed E-state index contributed by atoms with van der Waals surface area (Å²) in [5, 5.41) is 0. The second-order valence-electron chi connectivity index (χ2n) is 6.53. The molecule has 0 saturated carbocycles. The summed E-state index contributed by atoms with van der Waals surface area (Å²) in [6, 6.07) is 6.30. The lowest BCUT2D eigenvalue weighted by atomic mass is 10.1. The Balaban J connectivity index is 1.53. The number of benzene rings is 1. The predicted octanol–water partition coefficient (Wildman–Crippen LogP) is 2.00. The first-order chi connectivity index (χ1) is 12.2. The van der Waals surface area contributed by atoms with Gasteiger partial charge in [0, 0.05) is 26.7 Å². The SMILES string of the molecule is COCC1=CCN(CC(=O)N2CCO[C@@H](c3ccc(F)cc3)C2)CC1. The van der Waals surface area contributed by atoms with Crippen molar-refractivity contribution < 1.29 is 18.7 Å². The minimum absolute atomic E-state index is 0.124. The zero-order chi connectivity index (χ0) is 17.6. The maximum atomic E-state index is 13.1. The van der Waals surface area contributed by atoms with Crippen molar-refractivity contribution in [2.24, 2.45) is 0 Å². The Morgan fingerprint density at radius 1 is 1.32 bits per heavy atom. The quantitative estimate of drug-likeness (QED) is 0.764. The highest BCUT2D eigenvalue weighted by molar-refractivity contribution is 5.78. The normalized spacial score (nSPS) is 21.9. The summed E-state index contributed by atoms with van der Waals surface area (Å²) in [6.45, 7) is 4.39. The van der Waals surface area contributed by atoms with Crippen LogP contribution in [0.4, 0.5) is 4.39 Å². The number of nitrogens with zero attached hydrogens (tertiary/aromatic N) is 2. The molecular weight excluding hydrogens is 323 g/mol. The molecule has 1 atom stereocenters. The number of rotatable bonds is 5. The maximum Gasteiger partial charge on any atom is 0.236 e. The Labute approximate surface area is 148 Å². The summed E-state index contributed by atoms with van der Waals surface area (Å²) in [4.78, 5) is 16.6. The van der Waals surface area contributed by atoms with Gasteiger partial charge in [-0.2, -0.15) is 0 Å². The number of carbonyl (C=O) groups excluding carboxylic acids is 1. The molecule has 1 amide bonds. The van der Waals surface area contributed by atoms with Crippen molar-refractivity contribution >= 4 is 5.91 Å². The van der Waals surface area contributed by atoms with E-state index in [4.69, 9.17) is 9.47 Å². The monoisotopic (exact) mass is 348 g/mol. The third-order valence-electron chi connectivity index (χ3n) is 4.74. The summed E-state index contributed by atoms with van der Waals surface area (Å²) < 4.78 is 24.0. The lowest BCUT2D eigenvalue weighted by Gasteiger charge is -2.35. The number of hydrogen-bond acceptors (Lipinski definition) is 4. The van der Waals surface area contributed by atoms with Gasteiger partial charge >= 0.3 is 0 Å². The van der Waals surface area contributed by atoms with E-state index in [9.17, 15) is 9.18 Å². The van der Waals surface area contributed by atoms with Crippen LogP contribution < -0.4 is 0 Å². The largest absolute Gasteiger partial charge is 0.380 e. The smallest absolute Gasteiger partial charge is 0.236 e. The standard InChI is InChI=1S/C19H25FN2O3/c1-24-14-15-6-8-21(9-7-15)13-19(23)22-10-11-25-18(12-22)16-2-4-17(20)5-3-16/h2-6,18H,7-14H2,1H3/t18-/m1/s1. The third-order valence-corrected chi connectivity index (χ3v) is 4.74. The fourth-order valence-corrected chi connectivity index (χ4v) is 3.26. The van der Waals surface area contributed by atoms with Crippen LogP contribution in [0.25, 0.3) is 0 Å². The van der Waals surface area contributed by atoms with Crippen LogP contribution in [0.3, 0.4) is 0 Å². The van der Waals surface area contributed by atoms with Gasteiger partial charge in [-0.25, -0.2) is 4.39 Å². The van der Waals surface area contributed by atoms with Gasteiger partial charge in [-0.3, -0.25) is 9.69 Å². The molecule has 2 aliphatic rings. The van der Waals surface area contributed by atoms with E-state index in [0.717, 1.165) is 25.1 Å². The number of methoxy groups -OCH3 is 1. The fourth-order valence-electron chi connectivity index (χ4n) is 3.26. The second kappa shape index (κ2) is 8.56. The maximum absolute atomic E-state index is 13.1. The van der Waals surface area contributed by atoms with Crippen molar-refractivity contribution in [2.45, 2.75) is 12.5 Å². The molecule has 2 heterocycles. The summed E-state index contributed by atoms with van der Waals surface area (Å²) in [5.74, 6) is -0.141. The van der Waals surface area contributed by atoms with E-state index in [1.807, 2.05) is 4.90 Å². The van der Waals surface area contributed by atoms with Crippen LogP contribution in [-0.4, -0.2) is 68.8 Å². The molecule has 0 radical (unpaired) electrons. The Kier molecular flexibility index (Phi) is 6.18. The van der Waals surface area contributed by atoms with Gasteiger partial charge in [0.15, 0.2) is 0 Å². The Hall–Kier alpha value is -1.76. The van der Waals surface area contributed by atoms with Gasteiger partial charge in [0.1, 0.15) is 11.9 Å². The molecule has 0 aliphatic carbocycles. The number of hydrogen-bond donors (Lipinski definition) is 0. The molecular formula is C19H25FN2O3. The molecule has 2 aliphatic heterocycles. The number of ether oxygens (including phenoxy) is 2. The first kappa shape index (κ1) is 18.0. The van der Waals surface area contributed by atoms with E-state index < -0.39 is 0 Å². The van der Waals surface area contributed by atoms with Gasteiger partial charge in [0.25, 0.3) is 0 Å². The van der Waals surface area contributed by atoms with Crippen molar-refractivity contribution in [3.63, 3.8) is 0 Å². The molecule has 3 rings (SSSR count). The number of amides is 1.